The highest BCUT2D eigenvalue weighted by atomic mass is 35.5. The van der Waals surface area contributed by atoms with E-state index in [1.807, 2.05) is 66.7 Å². The van der Waals surface area contributed by atoms with Gasteiger partial charge in [0, 0.05) is 18.0 Å². The number of nitrogens with zero attached hydrogens (tertiary/aromatic N) is 3. The van der Waals surface area contributed by atoms with Crippen molar-refractivity contribution in [1.29, 1.82) is 0 Å². The third kappa shape index (κ3) is 5.95. The first-order chi connectivity index (χ1) is 14.8. The van der Waals surface area contributed by atoms with Crippen LogP contribution in [-0.4, -0.2) is 38.9 Å². The molecular weight excluding hydrogens is 412 g/mol. The van der Waals surface area contributed by atoms with Gasteiger partial charge in [0.1, 0.15) is 18.2 Å². The van der Waals surface area contributed by atoms with Crippen LogP contribution in [0.15, 0.2) is 66.7 Å². The van der Waals surface area contributed by atoms with Gasteiger partial charge in [-0.25, -0.2) is 4.68 Å². The molecule has 0 saturated heterocycles. The van der Waals surface area contributed by atoms with Crippen LogP contribution < -0.4 is 5.32 Å². The molecule has 0 spiro atoms. The molecule has 0 aliphatic rings. The fourth-order valence-corrected chi connectivity index (χ4v) is 3.25. The number of carbonyl (C=O) groups is 2. The number of amides is 2. The zero-order valence-corrected chi connectivity index (χ0v) is 18.8. The molecule has 1 N–H and O–H groups in total. The summed E-state index contributed by atoms with van der Waals surface area (Å²) in [4.78, 5) is 26.7. The number of nitrogens with one attached hydrogen (secondary N) is 1. The largest absolute Gasteiger partial charge is 0.328 e. The van der Waals surface area contributed by atoms with Crippen molar-refractivity contribution in [2.45, 2.75) is 32.7 Å². The third-order valence-electron chi connectivity index (χ3n) is 4.76. The average molecular weight is 439 g/mol. The van der Waals surface area contributed by atoms with Gasteiger partial charge in [0.25, 0.3) is 0 Å². The standard InChI is InChI=1S/C24H27ClN4O2/c1-24(2,3)20-14-21(29(27-20)19-12-8-5-9-13-19)26-22(30)17-28(23(31)15-25)16-18-10-6-4-7-11-18/h4-14H,15-17H2,1-3H3,(H,26,30). The van der Waals surface area contributed by atoms with Crippen LogP contribution in [0.3, 0.4) is 0 Å². The van der Waals surface area contributed by atoms with Crippen LogP contribution in [-0.2, 0) is 21.5 Å². The monoisotopic (exact) mass is 438 g/mol. The number of alkyl halides is 1. The van der Waals surface area contributed by atoms with Crippen LogP contribution in [0.25, 0.3) is 5.69 Å². The van der Waals surface area contributed by atoms with Gasteiger partial charge in [0.15, 0.2) is 0 Å². The van der Waals surface area contributed by atoms with Gasteiger partial charge in [-0.05, 0) is 17.7 Å². The maximum absolute atomic E-state index is 12.9. The average Bonchev–Trinajstić information content (AvgIpc) is 3.18. The van der Waals surface area contributed by atoms with E-state index in [9.17, 15) is 9.59 Å². The van der Waals surface area contributed by atoms with Gasteiger partial charge < -0.3 is 10.2 Å². The Balaban J connectivity index is 1.82. The summed E-state index contributed by atoms with van der Waals surface area (Å²) in [5.41, 5.74) is 2.43. The van der Waals surface area contributed by atoms with E-state index in [0.29, 0.717) is 12.4 Å². The highest BCUT2D eigenvalue weighted by Crippen LogP contribution is 2.26. The summed E-state index contributed by atoms with van der Waals surface area (Å²) < 4.78 is 1.71. The first-order valence-electron chi connectivity index (χ1n) is 10.1. The minimum absolute atomic E-state index is 0.106. The Kier molecular flexibility index (Phi) is 7.13. The number of rotatable bonds is 7. The molecule has 31 heavy (non-hydrogen) atoms. The van der Waals surface area contributed by atoms with E-state index >= 15 is 0 Å². The van der Waals surface area contributed by atoms with E-state index in [1.165, 1.54) is 4.90 Å². The van der Waals surface area contributed by atoms with E-state index < -0.39 is 0 Å². The summed E-state index contributed by atoms with van der Waals surface area (Å²) in [5, 5.41) is 7.62. The molecule has 3 rings (SSSR count). The summed E-state index contributed by atoms with van der Waals surface area (Å²) in [5.74, 6) is -0.241. The normalized spacial score (nSPS) is 11.2. The first-order valence-corrected chi connectivity index (χ1v) is 10.6. The Labute approximate surface area is 187 Å². The molecule has 6 nitrogen and oxygen atoms in total. The SMILES string of the molecule is CC(C)(C)c1cc(NC(=O)CN(Cc2ccccc2)C(=O)CCl)n(-c2ccccc2)n1. The third-order valence-corrected chi connectivity index (χ3v) is 4.99. The second-order valence-corrected chi connectivity index (χ2v) is 8.60. The molecule has 7 heteroatoms. The molecule has 0 saturated carbocycles. The summed E-state index contributed by atoms with van der Waals surface area (Å²) >= 11 is 5.78. The number of carbonyl (C=O) groups excluding carboxylic acids is 2. The zero-order valence-electron chi connectivity index (χ0n) is 18.0. The van der Waals surface area contributed by atoms with E-state index in [-0.39, 0.29) is 29.7 Å². The fraction of sp³-hybridized carbons (Fsp3) is 0.292. The van der Waals surface area contributed by atoms with Gasteiger partial charge in [-0.1, -0.05) is 69.3 Å². The second-order valence-electron chi connectivity index (χ2n) is 8.33. The van der Waals surface area contributed by atoms with Crippen LogP contribution in [0.2, 0.25) is 0 Å². The number of para-hydroxylation sites is 1. The number of halogens is 1. The minimum Gasteiger partial charge on any atom is -0.328 e. The van der Waals surface area contributed by atoms with Crippen LogP contribution in [0, 0.1) is 0 Å². The predicted octanol–water partition coefficient (Wildman–Crippen LogP) is 4.38. The van der Waals surface area contributed by atoms with Crippen molar-refractivity contribution < 1.29 is 9.59 Å². The van der Waals surface area contributed by atoms with Crippen molar-refractivity contribution in [3.8, 4) is 5.69 Å². The van der Waals surface area contributed by atoms with Crippen molar-refractivity contribution in [1.82, 2.24) is 14.7 Å². The molecular formula is C24H27ClN4O2. The Hall–Kier alpha value is -3.12. The topological polar surface area (TPSA) is 67.2 Å². The molecule has 0 radical (unpaired) electrons. The fourth-order valence-electron chi connectivity index (χ4n) is 3.08. The molecule has 3 aromatic rings. The van der Waals surface area contributed by atoms with Gasteiger partial charge in [-0.15, -0.1) is 11.6 Å². The Morgan fingerprint density at radius 3 is 2.23 bits per heavy atom. The molecule has 0 fully saturated rings. The first kappa shape index (κ1) is 22.6. The van der Waals surface area contributed by atoms with E-state index in [4.69, 9.17) is 16.7 Å². The van der Waals surface area contributed by atoms with Crippen molar-refractivity contribution in [3.05, 3.63) is 78.0 Å². The molecule has 2 amide bonds. The quantitative estimate of drug-likeness (QED) is 0.557. The number of aromatic nitrogens is 2. The van der Waals surface area contributed by atoms with E-state index in [2.05, 4.69) is 26.1 Å². The van der Waals surface area contributed by atoms with Crippen LogP contribution in [0.4, 0.5) is 5.82 Å². The lowest BCUT2D eigenvalue weighted by molar-refractivity contribution is -0.133. The van der Waals surface area contributed by atoms with Gasteiger partial charge in [0.2, 0.25) is 11.8 Å². The molecule has 2 aromatic carbocycles. The van der Waals surface area contributed by atoms with Crippen LogP contribution >= 0.6 is 11.6 Å². The van der Waals surface area contributed by atoms with E-state index in [1.54, 1.807) is 4.68 Å². The highest BCUT2D eigenvalue weighted by Gasteiger charge is 2.23. The zero-order chi connectivity index (χ0) is 22.4. The van der Waals surface area contributed by atoms with Crippen molar-refractivity contribution in [2.75, 3.05) is 17.7 Å². The number of anilines is 1. The lowest BCUT2D eigenvalue weighted by atomic mass is 9.92. The van der Waals surface area contributed by atoms with Crippen LogP contribution in [0.1, 0.15) is 32.0 Å². The Morgan fingerprint density at radius 1 is 1.03 bits per heavy atom. The van der Waals surface area contributed by atoms with Gasteiger partial charge in [-0.2, -0.15) is 5.10 Å². The maximum atomic E-state index is 12.9. The highest BCUT2D eigenvalue weighted by molar-refractivity contribution is 6.27. The molecule has 0 atom stereocenters. The molecule has 0 aliphatic heterocycles. The van der Waals surface area contributed by atoms with Gasteiger partial charge in [-0.3, -0.25) is 9.59 Å². The summed E-state index contributed by atoms with van der Waals surface area (Å²) in [6.45, 7) is 6.40. The Morgan fingerprint density at radius 2 is 1.65 bits per heavy atom. The lowest BCUT2D eigenvalue weighted by Gasteiger charge is -2.21. The van der Waals surface area contributed by atoms with Crippen molar-refractivity contribution in [3.63, 3.8) is 0 Å². The second kappa shape index (κ2) is 9.79. The number of hydrogen-bond acceptors (Lipinski definition) is 3. The molecule has 0 unspecified atom stereocenters. The lowest BCUT2D eigenvalue weighted by Crippen LogP contribution is -2.38. The summed E-state index contributed by atoms with van der Waals surface area (Å²) in [6, 6.07) is 21.0. The Bertz CT molecular complexity index is 1030. The van der Waals surface area contributed by atoms with Crippen molar-refractivity contribution >= 4 is 29.2 Å². The molecule has 1 aromatic heterocycles. The summed E-state index contributed by atoms with van der Waals surface area (Å²) in [7, 11) is 0. The number of hydrogen-bond donors (Lipinski definition) is 1. The smallest absolute Gasteiger partial charge is 0.245 e. The van der Waals surface area contributed by atoms with Gasteiger partial charge >= 0.3 is 0 Å². The maximum Gasteiger partial charge on any atom is 0.245 e. The van der Waals surface area contributed by atoms with Crippen molar-refractivity contribution in [2.24, 2.45) is 0 Å². The minimum atomic E-state index is -0.313. The van der Waals surface area contributed by atoms with E-state index in [0.717, 1.165) is 16.9 Å². The predicted molar refractivity (Wildman–Crippen MR) is 123 cm³/mol. The molecule has 162 valence electrons. The molecule has 0 aliphatic carbocycles. The van der Waals surface area contributed by atoms with Crippen LogP contribution in [0.5, 0.6) is 0 Å². The molecule has 1 heterocycles. The van der Waals surface area contributed by atoms with Gasteiger partial charge in [0.05, 0.1) is 11.4 Å². The number of benzene rings is 2. The summed E-state index contributed by atoms with van der Waals surface area (Å²) in [6.07, 6.45) is 0. The molecule has 0 bridgehead atoms.